The van der Waals surface area contributed by atoms with Gasteiger partial charge in [-0.25, -0.2) is 4.79 Å². The summed E-state index contributed by atoms with van der Waals surface area (Å²) in [6, 6.07) is 0.629. The normalized spacial score (nSPS) is 26.3. The number of nitrogens with one attached hydrogen (secondary N) is 1. The zero-order chi connectivity index (χ0) is 20.9. The third-order valence-electron chi connectivity index (χ3n) is 6.04. The second kappa shape index (κ2) is 9.83. The number of rotatable bonds is 4. The number of likely N-dealkylation sites (tertiary alicyclic amines) is 2. The van der Waals surface area contributed by atoms with E-state index in [1.165, 1.54) is 12.8 Å². The Hall–Kier alpha value is -1.76. The van der Waals surface area contributed by atoms with E-state index in [-0.39, 0.29) is 6.09 Å². The van der Waals surface area contributed by atoms with Crippen LogP contribution in [-0.4, -0.2) is 91.3 Å². The highest BCUT2D eigenvalue weighted by atomic mass is 16.6. The van der Waals surface area contributed by atoms with Crippen LogP contribution >= 0.6 is 0 Å². The van der Waals surface area contributed by atoms with Crippen molar-refractivity contribution >= 4 is 12.1 Å². The number of aliphatic imine (C=N–C) groups is 1. The van der Waals surface area contributed by atoms with E-state index in [2.05, 4.69) is 32.3 Å². The van der Waals surface area contributed by atoms with E-state index in [0.717, 1.165) is 64.6 Å². The van der Waals surface area contributed by atoms with Gasteiger partial charge in [0.05, 0.1) is 0 Å². The molecule has 0 aromatic heterocycles. The van der Waals surface area contributed by atoms with Gasteiger partial charge >= 0.3 is 6.09 Å². The van der Waals surface area contributed by atoms with E-state index in [9.17, 15) is 4.79 Å². The molecule has 3 heterocycles. The number of ether oxygens (including phenoxy) is 1. The molecular formula is C22H39N5O2. The molecule has 0 aliphatic carbocycles. The lowest BCUT2D eigenvalue weighted by Crippen LogP contribution is -2.45. The van der Waals surface area contributed by atoms with Gasteiger partial charge < -0.3 is 19.9 Å². The van der Waals surface area contributed by atoms with E-state index in [4.69, 9.17) is 4.74 Å². The fourth-order valence-corrected chi connectivity index (χ4v) is 4.54. The fourth-order valence-electron chi connectivity index (χ4n) is 4.54. The maximum absolute atomic E-state index is 12.4. The van der Waals surface area contributed by atoms with Crippen molar-refractivity contribution in [3.8, 4) is 0 Å². The molecular weight excluding hydrogens is 366 g/mol. The van der Waals surface area contributed by atoms with Crippen molar-refractivity contribution in [1.82, 2.24) is 20.0 Å². The fraction of sp³-hybridized carbons (Fsp3) is 0.818. The molecule has 3 aliphatic rings. The van der Waals surface area contributed by atoms with Crippen molar-refractivity contribution in [2.24, 2.45) is 10.9 Å². The SMILES string of the molecule is CN=C(NCCC1CCCN(C(=O)OC(C)(C)C)C1)N1CCC(N2CC=CC2)C1. The number of hydrogen-bond donors (Lipinski definition) is 1. The van der Waals surface area contributed by atoms with Crippen molar-refractivity contribution in [2.75, 3.05) is 52.9 Å². The lowest BCUT2D eigenvalue weighted by atomic mass is 9.95. The first-order valence-corrected chi connectivity index (χ1v) is 11.2. The van der Waals surface area contributed by atoms with Crippen molar-refractivity contribution in [2.45, 2.75) is 58.1 Å². The molecule has 164 valence electrons. The topological polar surface area (TPSA) is 60.4 Å². The second-order valence-electron chi connectivity index (χ2n) is 9.51. The van der Waals surface area contributed by atoms with E-state index < -0.39 is 5.60 Å². The van der Waals surface area contributed by atoms with Gasteiger partial charge in [0.15, 0.2) is 5.96 Å². The molecule has 2 unspecified atom stereocenters. The van der Waals surface area contributed by atoms with Crippen LogP contribution in [-0.2, 0) is 4.74 Å². The number of hydrogen-bond acceptors (Lipinski definition) is 4. The zero-order valence-electron chi connectivity index (χ0n) is 18.7. The summed E-state index contributed by atoms with van der Waals surface area (Å²) >= 11 is 0. The third kappa shape index (κ3) is 6.36. The van der Waals surface area contributed by atoms with Gasteiger partial charge in [0.1, 0.15) is 5.60 Å². The summed E-state index contributed by atoms with van der Waals surface area (Å²) in [6.07, 6.45) is 8.83. The van der Waals surface area contributed by atoms with Crippen molar-refractivity contribution < 1.29 is 9.53 Å². The minimum absolute atomic E-state index is 0.175. The van der Waals surface area contributed by atoms with Crippen molar-refractivity contribution in [3.05, 3.63) is 12.2 Å². The molecule has 1 N–H and O–H groups in total. The Bertz CT molecular complexity index is 605. The Balaban J connectivity index is 1.40. The molecule has 2 saturated heterocycles. The van der Waals surface area contributed by atoms with Crippen LogP contribution < -0.4 is 5.32 Å². The minimum atomic E-state index is -0.434. The van der Waals surface area contributed by atoms with Crippen LogP contribution in [0.2, 0.25) is 0 Å². The Morgan fingerprint density at radius 3 is 2.59 bits per heavy atom. The van der Waals surface area contributed by atoms with Crippen molar-refractivity contribution in [1.29, 1.82) is 0 Å². The molecule has 0 radical (unpaired) electrons. The molecule has 0 aromatic carbocycles. The average molecular weight is 406 g/mol. The Kier molecular flexibility index (Phi) is 7.44. The van der Waals surface area contributed by atoms with Crippen LogP contribution in [0, 0.1) is 5.92 Å². The molecule has 3 aliphatic heterocycles. The minimum Gasteiger partial charge on any atom is -0.444 e. The zero-order valence-corrected chi connectivity index (χ0v) is 18.7. The van der Waals surface area contributed by atoms with Gasteiger partial charge in [-0.1, -0.05) is 12.2 Å². The Labute approximate surface area is 176 Å². The highest BCUT2D eigenvalue weighted by Gasteiger charge is 2.30. The highest BCUT2D eigenvalue weighted by molar-refractivity contribution is 5.80. The average Bonchev–Trinajstić information content (AvgIpc) is 3.35. The van der Waals surface area contributed by atoms with Gasteiger partial charge in [-0.05, 0) is 52.4 Å². The number of piperidine rings is 1. The molecule has 0 aromatic rings. The van der Waals surface area contributed by atoms with E-state index in [1.807, 2.05) is 32.7 Å². The standard InChI is InChI=1S/C22H39N5O2/c1-22(2,3)29-21(28)27-14-7-8-18(16-27)9-11-24-20(23-4)26-15-10-19(17-26)25-12-5-6-13-25/h5-6,18-19H,7-17H2,1-4H3,(H,23,24). The van der Waals surface area contributed by atoms with Gasteiger partial charge in [0.2, 0.25) is 0 Å². The summed E-state index contributed by atoms with van der Waals surface area (Å²) < 4.78 is 5.54. The first kappa shape index (κ1) is 21.9. The Morgan fingerprint density at radius 1 is 1.14 bits per heavy atom. The van der Waals surface area contributed by atoms with E-state index >= 15 is 0 Å². The lowest BCUT2D eigenvalue weighted by molar-refractivity contribution is 0.0162. The Morgan fingerprint density at radius 2 is 1.90 bits per heavy atom. The van der Waals surface area contributed by atoms with Gasteiger partial charge in [-0.15, -0.1) is 0 Å². The van der Waals surface area contributed by atoms with E-state index in [0.29, 0.717) is 12.0 Å². The largest absolute Gasteiger partial charge is 0.444 e. The molecule has 1 amide bonds. The monoisotopic (exact) mass is 405 g/mol. The number of carbonyl (C=O) groups excluding carboxylic acids is 1. The summed E-state index contributed by atoms with van der Waals surface area (Å²) in [6.45, 7) is 12.5. The summed E-state index contributed by atoms with van der Waals surface area (Å²) in [4.78, 5) is 23.7. The summed E-state index contributed by atoms with van der Waals surface area (Å²) in [5.74, 6) is 1.53. The molecule has 29 heavy (non-hydrogen) atoms. The van der Waals surface area contributed by atoms with Crippen LogP contribution in [0.15, 0.2) is 17.1 Å². The van der Waals surface area contributed by atoms with Gasteiger partial charge in [0.25, 0.3) is 0 Å². The van der Waals surface area contributed by atoms with Crippen LogP contribution in [0.5, 0.6) is 0 Å². The molecule has 0 bridgehead atoms. The molecule has 0 spiro atoms. The summed E-state index contributed by atoms with van der Waals surface area (Å²) in [5.41, 5.74) is -0.434. The second-order valence-corrected chi connectivity index (χ2v) is 9.51. The maximum Gasteiger partial charge on any atom is 0.410 e. The molecule has 2 fully saturated rings. The van der Waals surface area contributed by atoms with Gasteiger partial charge in [-0.3, -0.25) is 9.89 Å². The maximum atomic E-state index is 12.4. The van der Waals surface area contributed by atoms with Crippen molar-refractivity contribution in [3.63, 3.8) is 0 Å². The first-order valence-electron chi connectivity index (χ1n) is 11.2. The number of carbonyl (C=O) groups is 1. The quantitative estimate of drug-likeness (QED) is 0.442. The third-order valence-corrected chi connectivity index (χ3v) is 6.04. The predicted octanol–water partition coefficient (Wildman–Crippen LogP) is 2.55. The van der Waals surface area contributed by atoms with Gasteiger partial charge in [-0.2, -0.15) is 0 Å². The highest BCUT2D eigenvalue weighted by Crippen LogP contribution is 2.22. The summed E-state index contributed by atoms with van der Waals surface area (Å²) in [5, 5.41) is 3.56. The van der Waals surface area contributed by atoms with E-state index in [1.54, 1.807) is 0 Å². The van der Waals surface area contributed by atoms with Crippen LogP contribution in [0.3, 0.4) is 0 Å². The number of amides is 1. The number of nitrogens with zero attached hydrogens (tertiary/aromatic N) is 4. The number of guanidine groups is 1. The molecule has 7 heteroatoms. The molecule has 0 saturated carbocycles. The summed E-state index contributed by atoms with van der Waals surface area (Å²) in [7, 11) is 1.87. The predicted molar refractivity (Wildman–Crippen MR) is 117 cm³/mol. The van der Waals surface area contributed by atoms with Crippen LogP contribution in [0.4, 0.5) is 4.79 Å². The van der Waals surface area contributed by atoms with Crippen LogP contribution in [0.25, 0.3) is 0 Å². The van der Waals surface area contributed by atoms with Crippen LogP contribution in [0.1, 0.15) is 46.5 Å². The smallest absolute Gasteiger partial charge is 0.410 e. The molecule has 7 nitrogen and oxygen atoms in total. The molecule has 2 atom stereocenters. The first-order chi connectivity index (χ1) is 13.9. The van der Waals surface area contributed by atoms with Gasteiger partial charge in [0, 0.05) is 58.9 Å². The molecule has 3 rings (SSSR count). The lowest BCUT2D eigenvalue weighted by Gasteiger charge is -2.34.